The Bertz CT molecular complexity index is 1560. The van der Waals surface area contributed by atoms with Gasteiger partial charge in [-0.25, -0.2) is 26.8 Å². The largest absolute Gasteiger partial charge is 2.00 e. The van der Waals surface area contributed by atoms with Crippen molar-refractivity contribution in [1.82, 2.24) is 19.8 Å². The van der Waals surface area contributed by atoms with Gasteiger partial charge in [-0.3, -0.25) is 9.59 Å². The molecule has 0 saturated carbocycles. The number of carbonyl (C=O) groups excluding carboxylic acids is 2. The minimum Gasteiger partial charge on any atom is -0.871 e. The van der Waals surface area contributed by atoms with E-state index in [0.29, 0.717) is 10.8 Å². The standard InChI is InChI=1S/2C9H7NO4S.2C3H7NO.2Pd/c2*11-7-3-1-2-6-4-5-8(10-9(6)7)15(12,13)14;2*1-4(2)3-5;;/h2*1-5,11H,(H,12,13,14);2*3H,1-2H3;;/q;;;;2*+2/p-4. The van der Waals surface area contributed by atoms with Crippen LogP contribution in [0.1, 0.15) is 0 Å². The van der Waals surface area contributed by atoms with Crippen molar-refractivity contribution < 1.29 is 86.6 Å². The monoisotopic (exact) mass is 804 g/mol. The number of nitrogens with zero attached hydrogens (tertiary/aromatic N) is 4. The van der Waals surface area contributed by atoms with Gasteiger partial charge in [0.1, 0.15) is 30.3 Å². The first-order valence-corrected chi connectivity index (χ1v) is 13.6. The third kappa shape index (κ3) is 13.7. The maximum absolute atomic E-state index is 11.3. The number of amides is 2. The fourth-order valence-corrected chi connectivity index (χ4v) is 3.36. The summed E-state index contributed by atoms with van der Waals surface area (Å²) in [5.74, 6) is -0.809. The van der Waals surface area contributed by atoms with Gasteiger partial charge >= 0.3 is 40.8 Å². The van der Waals surface area contributed by atoms with Crippen LogP contribution < -0.4 is 10.2 Å². The number of rotatable bonds is 4. The molecule has 0 aliphatic heterocycles. The van der Waals surface area contributed by atoms with Crippen LogP contribution in [0.3, 0.4) is 0 Å². The normalized spacial score (nSPS) is 10.0. The van der Waals surface area contributed by atoms with Gasteiger partial charge < -0.3 is 29.1 Å². The fraction of sp³-hybridized carbons (Fsp3) is 0.167. The number of carbonyl (C=O) groups is 2. The minimum absolute atomic E-state index is 0. The predicted molar refractivity (Wildman–Crippen MR) is 138 cm³/mol. The smallest absolute Gasteiger partial charge is 0.871 e. The summed E-state index contributed by atoms with van der Waals surface area (Å²) in [6.45, 7) is 0. The zero-order valence-corrected chi connectivity index (χ0v) is 27.0. The van der Waals surface area contributed by atoms with Crippen molar-refractivity contribution in [1.29, 1.82) is 0 Å². The second-order valence-corrected chi connectivity index (χ2v) is 10.7. The predicted octanol–water partition coefficient (Wildman–Crippen LogP) is -0.171. The summed E-state index contributed by atoms with van der Waals surface area (Å²) in [5, 5.41) is 22.4. The maximum Gasteiger partial charge on any atom is 2.00 e. The van der Waals surface area contributed by atoms with E-state index >= 15 is 0 Å². The molecule has 0 radical (unpaired) electrons. The Hall–Kier alpha value is -3.06. The van der Waals surface area contributed by atoms with Crippen molar-refractivity contribution in [2.24, 2.45) is 0 Å². The van der Waals surface area contributed by atoms with Crippen LogP contribution in [0.4, 0.5) is 0 Å². The van der Waals surface area contributed by atoms with Crippen molar-refractivity contribution in [3.05, 3.63) is 60.7 Å². The van der Waals surface area contributed by atoms with Gasteiger partial charge in [-0.1, -0.05) is 60.0 Å². The van der Waals surface area contributed by atoms with E-state index < -0.39 is 41.8 Å². The summed E-state index contributed by atoms with van der Waals surface area (Å²) in [5.41, 5.74) is -0.0103. The van der Waals surface area contributed by atoms with Gasteiger partial charge in [-0.15, -0.1) is 0 Å². The second kappa shape index (κ2) is 18.5. The molecule has 0 atom stereocenters. The van der Waals surface area contributed by atoms with Crippen LogP contribution in [0.2, 0.25) is 0 Å². The van der Waals surface area contributed by atoms with E-state index in [2.05, 4.69) is 9.97 Å². The molecular weight excluding hydrogens is 781 g/mol. The Kier molecular flexibility index (Phi) is 18.1. The summed E-state index contributed by atoms with van der Waals surface area (Å²) in [7, 11) is -2.47. The van der Waals surface area contributed by atoms with E-state index in [4.69, 9.17) is 0 Å². The first-order chi connectivity index (χ1) is 18.5. The van der Waals surface area contributed by atoms with Crippen molar-refractivity contribution in [3.63, 3.8) is 0 Å². The van der Waals surface area contributed by atoms with Crippen molar-refractivity contribution in [2.75, 3.05) is 28.2 Å². The molecule has 0 spiro atoms. The Morgan fingerprint density at radius 2 is 0.881 bits per heavy atom. The van der Waals surface area contributed by atoms with Gasteiger partial charge in [-0.05, 0) is 22.9 Å². The van der Waals surface area contributed by atoms with Crippen LogP contribution in [-0.2, 0) is 70.7 Å². The molecule has 0 fully saturated rings. The van der Waals surface area contributed by atoms with E-state index in [9.17, 15) is 45.7 Å². The molecule has 14 nitrogen and oxygen atoms in total. The van der Waals surface area contributed by atoms with E-state index in [0.717, 1.165) is 25.0 Å². The number of hydrogen-bond donors (Lipinski definition) is 0. The summed E-state index contributed by atoms with van der Waals surface area (Å²) in [4.78, 5) is 28.8. The van der Waals surface area contributed by atoms with Crippen molar-refractivity contribution in [3.8, 4) is 11.5 Å². The quantitative estimate of drug-likeness (QED) is 0.149. The van der Waals surface area contributed by atoms with Crippen LogP contribution in [0.15, 0.2) is 70.7 Å². The molecule has 0 aliphatic rings. The Morgan fingerprint density at radius 1 is 0.595 bits per heavy atom. The Balaban J connectivity index is 0. The van der Waals surface area contributed by atoms with Gasteiger partial charge in [0.05, 0.1) is 11.0 Å². The topological polar surface area (TPSA) is 227 Å². The first-order valence-electron chi connectivity index (χ1n) is 10.8. The minimum atomic E-state index is -4.61. The zero-order chi connectivity index (χ0) is 30.7. The van der Waals surface area contributed by atoms with Gasteiger partial charge in [-0.2, -0.15) is 0 Å². The molecule has 0 unspecified atom stereocenters. The third-order valence-corrected chi connectivity index (χ3v) is 5.73. The molecule has 0 aliphatic carbocycles. The molecule has 2 heterocycles. The molecule has 42 heavy (non-hydrogen) atoms. The molecule has 0 saturated heterocycles. The van der Waals surface area contributed by atoms with Gasteiger partial charge in [0.25, 0.3) is 0 Å². The van der Waals surface area contributed by atoms with Crippen LogP contribution in [0.5, 0.6) is 11.5 Å². The number of benzene rings is 2. The first kappa shape index (κ1) is 41.1. The van der Waals surface area contributed by atoms with Crippen LogP contribution in [-0.4, -0.2) is 86.7 Å². The van der Waals surface area contributed by atoms with E-state index in [1.807, 2.05) is 0 Å². The van der Waals surface area contributed by atoms with Gasteiger partial charge in [0.15, 0.2) is 0 Å². The fourth-order valence-electron chi connectivity index (χ4n) is 2.48. The molecule has 232 valence electrons. The maximum atomic E-state index is 11.3. The summed E-state index contributed by atoms with van der Waals surface area (Å²) >= 11 is 0. The van der Waals surface area contributed by atoms with E-state index in [1.54, 1.807) is 40.3 Å². The Labute approximate surface area is 270 Å². The van der Waals surface area contributed by atoms with E-state index in [1.165, 1.54) is 46.2 Å². The number of aromatic nitrogens is 2. The molecule has 0 N–H and O–H groups in total. The van der Waals surface area contributed by atoms with E-state index in [-0.39, 0.29) is 51.9 Å². The molecule has 2 amide bonds. The average Bonchev–Trinajstić information content (AvgIpc) is 2.89. The van der Waals surface area contributed by atoms with Gasteiger partial charge in [0, 0.05) is 28.2 Å². The summed E-state index contributed by atoms with van der Waals surface area (Å²) < 4.78 is 64.0. The van der Waals surface area contributed by atoms with Crippen LogP contribution >= 0.6 is 0 Å². The summed E-state index contributed by atoms with van der Waals surface area (Å²) in [6.07, 6.45) is 1.50. The van der Waals surface area contributed by atoms with Crippen LogP contribution in [0.25, 0.3) is 21.8 Å². The Morgan fingerprint density at radius 3 is 1.12 bits per heavy atom. The number of pyridine rings is 2. The molecule has 2 aromatic heterocycles. The zero-order valence-electron chi connectivity index (χ0n) is 22.2. The molecule has 0 bridgehead atoms. The molecular formula is C24H24N4O10Pd2S2. The third-order valence-electron chi connectivity index (χ3n) is 4.25. The SMILES string of the molecule is CN(C)C=O.CN(C)C=O.O=S(=O)([O-])c1ccc2cccc([O-])c2n1.O=S(=O)([O-])c1ccc2cccc([O-])c2n1.[Pd+2].[Pd+2]. The number of hydrogen-bond acceptors (Lipinski definition) is 12. The molecule has 4 aromatic rings. The second-order valence-electron chi connectivity index (χ2n) is 8.00. The molecule has 2 aromatic carbocycles. The molecule has 4 rings (SSSR count). The number of para-hydroxylation sites is 2. The van der Waals surface area contributed by atoms with Crippen molar-refractivity contribution >= 4 is 54.9 Å². The number of fused-ring (bicyclic) bond motifs is 2. The van der Waals surface area contributed by atoms with Gasteiger partial charge in [0.2, 0.25) is 12.8 Å². The molecule has 18 heteroatoms. The van der Waals surface area contributed by atoms with Crippen LogP contribution in [0, 0.1) is 0 Å². The summed E-state index contributed by atoms with van der Waals surface area (Å²) in [6, 6.07) is 13.8. The van der Waals surface area contributed by atoms with Crippen molar-refractivity contribution in [2.45, 2.75) is 10.1 Å². The average molecular weight is 805 g/mol.